The van der Waals surface area contributed by atoms with E-state index in [4.69, 9.17) is 0 Å². The SMILES string of the molecule is CN1NCC2CCCN([O-])C21. The molecule has 2 heterocycles. The molecule has 2 aliphatic heterocycles. The second-order valence-corrected chi connectivity index (χ2v) is 3.43. The number of piperidine rings is 1. The van der Waals surface area contributed by atoms with Gasteiger partial charge < -0.3 is 10.3 Å². The maximum absolute atomic E-state index is 11.3. The Morgan fingerprint density at radius 2 is 2.36 bits per heavy atom. The summed E-state index contributed by atoms with van der Waals surface area (Å²) in [6, 6.07) is 0. The van der Waals surface area contributed by atoms with Gasteiger partial charge in [-0.1, -0.05) is 0 Å². The molecule has 1 N–H and O–H groups in total. The van der Waals surface area contributed by atoms with Gasteiger partial charge in [0.15, 0.2) is 0 Å². The molecule has 0 radical (unpaired) electrons. The Labute approximate surface area is 66.7 Å². The van der Waals surface area contributed by atoms with Gasteiger partial charge in [-0.3, -0.25) is 5.43 Å². The molecule has 0 amide bonds. The lowest BCUT2D eigenvalue weighted by Gasteiger charge is -2.44. The van der Waals surface area contributed by atoms with Gasteiger partial charge in [-0.05, 0) is 19.4 Å². The highest BCUT2D eigenvalue weighted by Gasteiger charge is 2.34. The Kier molecular flexibility index (Phi) is 1.85. The normalized spacial score (nSPS) is 40.9. The van der Waals surface area contributed by atoms with Crippen LogP contribution in [0.15, 0.2) is 0 Å². The van der Waals surface area contributed by atoms with Crippen molar-refractivity contribution in [3.8, 4) is 0 Å². The van der Waals surface area contributed by atoms with Crippen LogP contribution in [0.4, 0.5) is 0 Å². The van der Waals surface area contributed by atoms with Gasteiger partial charge in [0.25, 0.3) is 0 Å². The molecule has 0 spiro atoms. The molecule has 64 valence electrons. The molecule has 0 aromatic heterocycles. The van der Waals surface area contributed by atoms with Crippen molar-refractivity contribution in [3.63, 3.8) is 0 Å². The monoisotopic (exact) mass is 156 g/mol. The summed E-state index contributed by atoms with van der Waals surface area (Å²) in [6.07, 6.45) is 2.35. The van der Waals surface area contributed by atoms with Crippen LogP contribution in [0.3, 0.4) is 0 Å². The molecule has 4 heteroatoms. The smallest absolute Gasteiger partial charge is 0.0682 e. The molecule has 2 rings (SSSR count). The highest BCUT2D eigenvalue weighted by Crippen LogP contribution is 2.27. The van der Waals surface area contributed by atoms with Crippen molar-refractivity contribution in [2.75, 3.05) is 20.1 Å². The fourth-order valence-corrected chi connectivity index (χ4v) is 2.10. The van der Waals surface area contributed by atoms with Gasteiger partial charge in [0.2, 0.25) is 0 Å². The molecule has 2 unspecified atom stereocenters. The van der Waals surface area contributed by atoms with E-state index in [0.29, 0.717) is 12.5 Å². The van der Waals surface area contributed by atoms with E-state index in [-0.39, 0.29) is 6.17 Å². The highest BCUT2D eigenvalue weighted by molar-refractivity contribution is 4.87. The summed E-state index contributed by atoms with van der Waals surface area (Å²) >= 11 is 0. The average Bonchev–Trinajstić information content (AvgIpc) is 2.34. The number of hydrogen-bond acceptors (Lipinski definition) is 4. The van der Waals surface area contributed by atoms with Crippen molar-refractivity contribution < 1.29 is 0 Å². The summed E-state index contributed by atoms with van der Waals surface area (Å²) in [5.41, 5.74) is 3.18. The summed E-state index contributed by atoms with van der Waals surface area (Å²) in [6.45, 7) is 1.67. The molecular formula is C7H14N3O-. The first-order chi connectivity index (χ1) is 5.29. The average molecular weight is 156 g/mol. The molecule has 0 aromatic rings. The van der Waals surface area contributed by atoms with E-state index in [2.05, 4.69) is 5.43 Å². The molecule has 11 heavy (non-hydrogen) atoms. The summed E-state index contributed by atoms with van der Waals surface area (Å²) < 4.78 is 0. The fourth-order valence-electron chi connectivity index (χ4n) is 2.10. The Morgan fingerprint density at radius 1 is 1.55 bits per heavy atom. The van der Waals surface area contributed by atoms with Crippen molar-refractivity contribution in [1.29, 1.82) is 0 Å². The van der Waals surface area contributed by atoms with E-state index in [1.54, 1.807) is 0 Å². The lowest BCUT2D eigenvalue weighted by molar-refractivity contribution is 0.0564. The Balaban J connectivity index is 2.08. The minimum absolute atomic E-state index is 0.101. The number of rotatable bonds is 0. The maximum atomic E-state index is 11.3. The molecule has 2 fully saturated rings. The number of nitrogens with zero attached hydrogens (tertiary/aromatic N) is 2. The number of fused-ring (bicyclic) bond motifs is 1. The van der Waals surface area contributed by atoms with Crippen LogP contribution in [-0.2, 0) is 0 Å². The van der Waals surface area contributed by atoms with Crippen LogP contribution in [0.25, 0.3) is 0 Å². The third-order valence-corrected chi connectivity index (χ3v) is 2.67. The standard InChI is InChI=1S/C7H14N3O/c1-9-7-6(5-8-9)3-2-4-10(7)11/h6-8H,2-5H2,1H3/q-1. The Morgan fingerprint density at radius 3 is 3.09 bits per heavy atom. The van der Waals surface area contributed by atoms with Crippen molar-refractivity contribution in [1.82, 2.24) is 15.5 Å². The van der Waals surface area contributed by atoms with Crippen LogP contribution in [0.2, 0.25) is 0 Å². The fraction of sp³-hybridized carbons (Fsp3) is 1.00. The summed E-state index contributed by atoms with van der Waals surface area (Å²) in [7, 11) is 1.95. The minimum Gasteiger partial charge on any atom is -0.784 e. The van der Waals surface area contributed by atoms with Crippen LogP contribution < -0.4 is 5.43 Å². The maximum Gasteiger partial charge on any atom is 0.0682 e. The number of nitrogens with one attached hydrogen (secondary N) is 1. The molecule has 0 aliphatic carbocycles. The molecular weight excluding hydrogens is 142 g/mol. The van der Waals surface area contributed by atoms with E-state index >= 15 is 0 Å². The number of hydroxylamine groups is 2. The molecule has 2 aliphatic rings. The highest BCUT2D eigenvalue weighted by atomic mass is 16.5. The topological polar surface area (TPSA) is 41.6 Å². The van der Waals surface area contributed by atoms with E-state index in [1.807, 2.05) is 12.1 Å². The second-order valence-electron chi connectivity index (χ2n) is 3.43. The lowest BCUT2D eigenvalue weighted by atomic mass is 9.97. The van der Waals surface area contributed by atoms with Crippen molar-refractivity contribution in [2.24, 2.45) is 5.92 Å². The molecule has 2 atom stereocenters. The second kappa shape index (κ2) is 2.71. The van der Waals surface area contributed by atoms with E-state index in [0.717, 1.165) is 13.0 Å². The van der Waals surface area contributed by atoms with Crippen molar-refractivity contribution in [3.05, 3.63) is 5.21 Å². The van der Waals surface area contributed by atoms with Crippen LogP contribution >= 0.6 is 0 Å². The van der Waals surface area contributed by atoms with Gasteiger partial charge >= 0.3 is 0 Å². The van der Waals surface area contributed by atoms with Crippen LogP contribution in [0.5, 0.6) is 0 Å². The van der Waals surface area contributed by atoms with Crippen molar-refractivity contribution >= 4 is 0 Å². The first kappa shape index (κ1) is 7.49. The van der Waals surface area contributed by atoms with Gasteiger partial charge in [-0.2, -0.15) is 0 Å². The van der Waals surface area contributed by atoms with Gasteiger partial charge in [-0.25, -0.2) is 5.01 Å². The van der Waals surface area contributed by atoms with Gasteiger partial charge in [0.1, 0.15) is 0 Å². The third kappa shape index (κ3) is 1.16. The quantitative estimate of drug-likeness (QED) is 0.535. The van der Waals surface area contributed by atoms with Crippen LogP contribution in [0, 0.1) is 11.1 Å². The predicted molar refractivity (Wildman–Crippen MR) is 42.4 cm³/mol. The molecule has 0 saturated carbocycles. The zero-order chi connectivity index (χ0) is 7.84. The lowest BCUT2D eigenvalue weighted by Crippen LogP contribution is -2.48. The van der Waals surface area contributed by atoms with E-state index < -0.39 is 0 Å². The van der Waals surface area contributed by atoms with Gasteiger partial charge in [-0.15, -0.1) is 0 Å². The Bertz CT molecular complexity index is 151. The van der Waals surface area contributed by atoms with E-state index in [1.165, 1.54) is 11.5 Å². The van der Waals surface area contributed by atoms with Crippen LogP contribution in [-0.4, -0.2) is 36.4 Å². The van der Waals surface area contributed by atoms with Crippen LogP contribution in [0.1, 0.15) is 12.8 Å². The van der Waals surface area contributed by atoms with Crippen molar-refractivity contribution in [2.45, 2.75) is 19.0 Å². The zero-order valence-electron chi connectivity index (χ0n) is 6.79. The Hall–Kier alpha value is -0.160. The summed E-state index contributed by atoms with van der Waals surface area (Å²) in [5.74, 6) is 0.547. The summed E-state index contributed by atoms with van der Waals surface area (Å²) in [4.78, 5) is 0. The van der Waals surface area contributed by atoms with Gasteiger partial charge in [0, 0.05) is 19.5 Å². The van der Waals surface area contributed by atoms with E-state index in [9.17, 15) is 5.21 Å². The number of hydrazine groups is 1. The first-order valence-corrected chi connectivity index (χ1v) is 4.19. The molecule has 2 saturated heterocycles. The minimum atomic E-state index is 0.101. The number of hydrogen-bond donors (Lipinski definition) is 1. The third-order valence-electron chi connectivity index (χ3n) is 2.67. The largest absolute Gasteiger partial charge is 0.784 e. The predicted octanol–water partition coefficient (Wildman–Crippen LogP) is -0.0277. The molecule has 0 bridgehead atoms. The zero-order valence-corrected chi connectivity index (χ0v) is 6.79. The molecule has 4 nitrogen and oxygen atoms in total. The summed E-state index contributed by atoms with van der Waals surface area (Å²) in [5, 5.41) is 14.5. The van der Waals surface area contributed by atoms with Gasteiger partial charge in [0.05, 0.1) is 6.17 Å². The molecule has 0 aromatic carbocycles. The first-order valence-electron chi connectivity index (χ1n) is 4.19.